The average molecular weight is 379 g/mol. The first-order valence-corrected chi connectivity index (χ1v) is 8.52. The van der Waals surface area contributed by atoms with Gasteiger partial charge in [0, 0.05) is 21.5 Å². The standard InChI is InChI=1S/C16H15BrN2O2S/c17-14-4-2-1-3-12(14)9-22-10-15(20)19-13-7-5-11(6-8-13)16(18)21/h1-8H,9-10H2,(H2,18,21)(H,19,20). The van der Waals surface area contributed by atoms with E-state index < -0.39 is 5.91 Å². The molecule has 0 spiro atoms. The van der Waals surface area contributed by atoms with E-state index in [-0.39, 0.29) is 5.91 Å². The van der Waals surface area contributed by atoms with Crippen LogP contribution in [0.25, 0.3) is 0 Å². The molecule has 0 radical (unpaired) electrons. The zero-order chi connectivity index (χ0) is 15.9. The minimum absolute atomic E-state index is 0.0797. The van der Waals surface area contributed by atoms with Crippen molar-refractivity contribution in [2.24, 2.45) is 5.73 Å². The van der Waals surface area contributed by atoms with Crippen LogP contribution in [-0.4, -0.2) is 17.6 Å². The molecule has 0 bridgehead atoms. The first kappa shape index (κ1) is 16.6. The summed E-state index contributed by atoms with van der Waals surface area (Å²) in [6.07, 6.45) is 0. The van der Waals surface area contributed by atoms with E-state index in [9.17, 15) is 9.59 Å². The van der Waals surface area contributed by atoms with Crippen LogP contribution in [0.15, 0.2) is 53.0 Å². The summed E-state index contributed by atoms with van der Waals surface area (Å²) in [6.45, 7) is 0. The molecule has 4 nitrogen and oxygen atoms in total. The molecule has 0 heterocycles. The molecule has 0 aliphatic heterocycles. The quantitative estimate of drug-likeness (QED) is 0.808. The van der Waals surface area contributed by atoms with Gasteiger partial charge in [0.25, 0.3) is 0 Å². The van der Waals surface area contributed by atoms with Crippen molar-refractivity contribution in [2.45, 2.75) is 5.75 Å². The number of nitrogens with two attached hydrogens (primary N) is 1. The summed E-state index contributed by atoms with van der Waals surface area (Å²) in [5.41, 5.74) is 7.39. The summed E-state index contributed by atoms with van der Waals surface area (Å²) in [6, 6.07) is 14.4. The van der Waals surface area contributed by atoms with Crippen LogP contribution in [0.2, 0.25) is 0 Å². The molecular formula is C16H15BrN2O2S. The second-order valence-corrected chi connectivity index (χ2v) is 6.41. The second-order valence-electron chi connectivity index (χ2n) is 4.57. The van der Waals surface area contributed by atoms with Crippen molar-refractivity contribution < 1.29 is 9.59 Å². The van der Waals surface area contributed by atoms with E-state index in [1.165, 1.54) is 11.8 Å². The van der Waals surface area contributed by atoms with Gasteiger partial charge in [-0.15, -0.1) is 11.8 Å². The number of nitrogens with one attached hydrogen (secondary N) is 1. The number of halogens is 1. The highest BCUT2D eigenvalue weighted by Crippen LogP contribution is 2.21. The molecule has 2 amide bonds. The molecule has 0 atom stereocenters. The van der Waals surface area contributed by atoms with Crippen LogP contribution >= 0.6 is 27.7 Å². The van der Waals surface area contributed by atoms with Gasteiger partial charge >= 0.3 is 0 Å². The highest BCUT2D eigenvalue weighted by atomic mass is 79.9. The zero-order valence-electron chi connectivity index (χ0n) is 11.7. The third-order valence-electron chi connectivity index (χ3n) is 2.90. The Morgan fingerprint density at radius 2 is 1.77 bits per heavy atom. The van der Waals surface area contributed by atoms with E-state index in [2.05, 4.69) is 21.2 Å². The van der Waals surface area contributed by atoms with Gasteiger partial charge in [-0.25, -0.2) is 0 Å². The fourth-order valence-electron chi connectivity index (χ4n) is 1.78. The van der Waals surface area contributed by atoms with Crippen molar-refractivity contribution >= 4 is 45.2 Å². The van der Waals surface area contributed by atoms with Gasteiger partial charge in [0.2, 0.25) is 11.8 Å². The lowest BCUT2D eigenvalue weighted by Gasteiger charge is -2.06. The lowest BCUT2D eigenvalue weighted by atomic mass is 10.2. The highest BCUT2D eigenvalue weighted by Gasteiger charge is 2.05. The molecule has 6 heteroatoms. The molecule has 22 heavy (non-hydrogen) atoms. The molecule has 0 unspecified atom stereocenters. The van der Waals surface area contributed by atoms with Gasteiger partial charge in [-0.1, -0.05) is 34.1 Å². The zero-order valence-corrected chi connectivity index (χ0v) is 14.1. The highest BCUT2D eigenvalue weighted by molar-refractivity contribution is 9.10. The Labute approximate surface area is 141 Å². The van der Waals surface area contributed by atoms with Crippen LogP contribution in [-0.2, 0) is 10.5 Å². The predicted octanol–water partition coefficient (Wildman–Crippen LogP) is 3.42. The van der Waals surface area contributed by atoms with Gasteiger partial charge in [-0.05, 0) is 35.9 Å². The Morgan fingerprint density at radius 1 is 1.09 bits per heavy atom. The maximum Gasteiger partial charge on any atom is 0.248 e. The SMILES string of the molecule is NC(=O)c1ccc(NC(=O)CSCc2ccccc2Br)cc1. The topological polar surface area (TPSA) is 72.2 Å². The lowest BCUT2D eigenvalue weighted by Crippen LogP contribution is -2.15. The Balaban J connectivity index is 1.80. The monoisotopic (exact) mass is 378 g/mol. The molecular weight excluding hydrogens is 364 g/mol. The van der Waals surface area contributed by atoms with Crippen LogP contribution in [0.5, 0.6) is 0 Å². The maximum atomic E-state index is 11.9. The summed E-state index contributed by atoms with van der Waals surface area (Å²) in [5, 5.41) is 2.79. The summed E-state index contributed by atoms with van der Waals surface area (Å²) < 4.78 is 1.05. The van der Waals surface area contributed by atoms with Crippen LogP contribution in [0.4, 0.5) is 5.69 Å². The molecule has 3 N–H and O–H groups in total. The van der Waals surface area contributed by atoms with Crippen LogP contribution in [0, 0.1) is 0 Å². The number of thioether (sulfide) groups is 1. The Kier molecular flexibility index (Phi) is 6.03. The van der Waals surface area contributed by atoms with Crippen molar-refractivity contribution in [2.75, 3.05) is 11.1 Å². The molecule has 0 aliphatic rings. The van der Waals surface area contributed by atoms with Crippen LogP contribution in [0.1, 0.15) is 15.9 Å². The van der Waals surface area contributed by atoms with Gasteiger partial charge in [-0.2, -0.15) is 0 Å². The van der Waals surface area contributed by atoms with E-state index in [4.69, 9.17) is 5.73 Å². The van der Waals surface area contributed by atoms with Crippen LogP contribution < -0.4 is 11.1 Å². The number of carbonyl (C=O) groups is 2. The van der Waals surface area contributed by atoms with Gasteiger partial charge < -0.3 is 11.1 Å². The molecule has 2 rings (SSSR count). The summed E-state index contributed by atoms with van der Waals surface area (Å²) in [5.74, 6) is 0.555. The normalized spacial score (nSPS) is 10.2. The van der Waals surface area contributed by atoms with E-state index in [1.54, 1.807) is 24.3 Å². The number of hydrogen-bond donors (Lipinski definition) is 2. The molecule has 0 aromatic heterocycles. The number of rotatable bonds is 6. The minimum Gasteiger partial charge on any atom is -0.366 e. The van der Waals surface area contributed by atoms with Crippen molar-refractivity contribution in [1.29, 1.82) is 0 Å². The number of primary amides is 1. The number of amides is 2. The second kappa shape index (κ2) is 8.00. The van der Waals surface area contributed by atoms with E-state index in [0.29, 0.717) is 17.0 Å². The minimum atomic E-state index is -0.484. The number of hydrogen-bond acceptors (Lipinski definition) is 3. The number of carbonyl (C=O) groups excluding carboxylic acids is 2. The summed E-state index contributed by atoms with van der Waals surface area (Å²) in [7, 11) is 0. The third-order valence-corrected chi connectivity index (χ3v) is 4.66. The maximum absolute atomic E-state index is 11.9. The van der Waals surface area contributed by atoms with E-state index in [0.717, 1.165) is 15.8 Å². The summed E-state index contributed by atoms with van der Waals surface area (Å²) in [4.78, 5) is 22.8. The molecule has 114 valence electrons. The van der Waals surface area contributed by atoms with Gasteiger partial charge in [0.1, 0.15) is 0 Å². The van der Waals surface area contributed by atoms with E-state index in [1.807, 2.05) is 24.3 Å². The van der Waals surface area contributed by atoms with Crippen molar-refractivity contribution in [1.82, 2.24) is 0 Å². The molecule has 2 aromatic carbocycles. The fourth-order valence-corrected chi connectivity index (χ4v) is 3.23. The predicted molar refractivity (Wildman–Crippen MR) is 93.9 cm³/mol. The average Bonchev–Trinajstić information content (AvgIpc) is 2.50. The number of benzene rings is 2. The smallest absolute Gasteiger partial charge is 0.248 e. The van der Waals surface area contributed by atoms with E-state index >= 15 is 0 Å². The molecule has 0 fully saturated rings. The molecule has 0 aliphatic carbocycles. The largest absolute Gasteiger partial charge is 0.366 e. The van der Waals surface area contributed by atoms with Crippen molar-refractivity contribution in [3.8, 4) is 0 Å². The van der Waals surface area contributed by atoms with Gasteiger partial charge in [0.15, 0.2) is 0 Å². The molecule has 2 aromatic rings. The van der Waals surface area contributed by atoms with Gasteiger partial charge in [0.05, 0.1) is 5.75 Å². The molecule has 0 saturated heterocycles. The Morgan fingerprint density at radius 3 is 2.41 bits per heavy atom. The summed E-state index contributed by atoms with van der Waals surface area (Å²) >= 11 is 5.02. The van der Waals surface area contributed by atoms with Gasteiger partial charge in [-0.3, -0.25) is 9.59 Å². The van der Waals surface area contributed by atoms with Crippen molar-refractivity contribution in [3.05, 3.63) is 64.1 Å². The Hall–Kier alpha value is -1.79. The number of anilines is 1. The third kappa shape index (κ3) is 4.89. The van der Waals surface area contributed by atoms with Crippen molar-refractivity contribution in [3.63, 3.8) is 0 Å². The Bertz CT molecular complexity index is 674. The first-order valence-electron chi connectivity index (χ1n) is 6.57. The first-order chi connectivity index (χ1) is 10.6. The molecule has 0 saturated carbocycles. The fraction of sp³-hybridized carbons (Fsp3) is 0.125. The van der Waals surface area contributed by atoms with Crippen LogP contribution in [0.3, 0.4) is 0 Å². The lowest BCUT2D eigenvalue weighted by molar-refractivity contribution is -0.113.